The highest BCUT2D eigenvalue weighted by molar-refractivity contribution is 7.89. The number of halogens is 1. The summed E-state index contributed by atoms with van der Waals surface area (Å²) in [5, 5.41) is 0.490. The van der Waals surface area contributed by atoms with E-state index in [0.29, 0.717) is 18.1 Å². The molecule has 0 bridgehead atoms. The number of benzene rings is 2. The van der Waals surface area contributed by atoms with Gasteiger partial charge in [-0.1, -0.05) is 41.4 Å². The molecule has 0 atom stereocenters. The van der Waals surface area contributed by atoms with Gasteiger partial charge in [0.25, 0.3) is 0 Å². The molecule has 0 unspecified atom stereocenters. The lowest BCUT2D eigenvalue weighted by Crippen LogP contribution is -2.50. The van der Waals surface area contributed by atoms with Crippen LogP contribution in [-0.2, 0) is 14.8 Å². The smallest absolute Gasteiger partial charge is 0.246 e. The van der Waals surface area contributed by atoms with Gasteiger partial charge in [-0.25, -0.2) is 8.42 Å². The average Bonchev–Trinajstić information content (AvgIpc) is 2.68. The van der Waals surface area contributed by atoms with Gasteiger partial charge in [-0.2, -0.15) is 4.31 Å². The Bertz CT molecular complexity index is 930. The molecule has 5 nitrogen and oxygen atoms in total. The van der Waals surface area contributed by atoms with Crippen LogP contribution in [0.15, 0.2) is 59.5 Å². The first-order chi connectivity index (χ1) is 12.9. The number of sulfonamides is 1. The molecule has 1 amide bonds. The van der Waals surface area contributed by atoms with Crippen molar-refractivity contribution in [2.75, 3.05) is 26.2 Å². The second-order valence-electron chi connectivity index (χ2n) is 6.43. The summed E-state index contributed by atoms with van der Waals surface area (Å²) in [5.74, 6) is -0.112. The van der Waals surface area contributed by atoms with Crippen LogP contribution >= 0.6 is 11.6 Å². The van der Waals surface area contributed by atoms with Gasteiger partial charge in [0.1, 0.15) is 0 Å². The maximum atomic E-state index is 12.7. The maximum absolute atomic E-state index is 12.7. The Morgan fingerprint density at radius 2 is 1.56 bits per heavy atom. The number of nitrogens with zero attached hydrogens (tertiary/aromatic N) is 2. The molecule has 1 aliphatic rings. The molecule has 0 spiro atoms. The molecule has 1 aliphatic heterocycles. The van der Waals surface area contributed by atoms with E-state index in [4.69, 9.17) is 11.6 Å². The van der Waals surface area contributed by atoms with Crippen molar-refractivity contribution in [2.45, 2.75) is 11.8 Å². The summed E-state index contributed by atoms with van der Waals surface area (Å²) in [5.41, 5.74) is 2.12. The number of rotatable bonds is 4. The predicted octanol–water partition coefficient (Wildman–Crippen LogP) is 3.19. The minimum atomic E-state index is -3.57. The molecule has 3 rings (SSSR count). The third-order valence-corrected chi connectivity index (χ3v) is 6.66. The first-order valence-corrected chi connectivity index (χ1v) is 10.5. The molecule has 0 radical (unpaired) electrons. The zero-order valence-corrected chi connectivity index (χ0v) is 16.6. The zero-order valence-electron chi connectivity index (χ0n) is 15.0. The van der Waals surface area contributed by atoms with E-state index in [1.165, 1.54) is 22.5 Å². The summed E-state index contributed by atoms with van der Waals surface area (Å²) in [7, 11) is -3.57. The highest BCUT2D eigenvalue weighted by Gasteiger charge is 2.29. The molecule has 1 saturated heterocycles. The normalized spacial score (nSPS) is 16.0. The third-order valence-electron chi connectivity index (χ3n) is 4.50. The van der Waals surface area contributed by atoms with Crippen LogP contribution in [0.3, 0.4) is 0 Å². The molecule has 7 heteroatoms. The first kappa shape index (κ1) is 19.6. The van der Waals surface area contributed by atoms with E-state index in [-0.39, 0.29) is 23.9 Å². The number of carbonyl (C=O) groups excluding carboxylic acids is 1. The molecular formula is C20H21ClN2O3S. The van der Waals surface area contributed by atoms with Crippen LogP contribution in [-0.4, -0.2) is 49.7 Å². The van der Waals surface area contributed by atoms with Crippen molar-refractivity contribution >= 4 is 33.6 Å². The summed E-state index contributed by atoms with van der Waals surface area (Å²) < 4.78 is 26.8. The van der Waals surface area contributed by atoms with E-state index in [1.807, 2.05) is 31.2 Å². The fourth-order valence-electron chi connectivity index (χ4n) is 2.85. The van der Waals surface area contributed by atoms with E-state index in [0.717, 1.165) is 11.1 Å². The van der Waals surface area contributed by atoms with Crippen LogP contribution in [0.4, 0.5) is 0 Å². The molecular weight excluding hydrogens is 384 g/mol. The molecule has 142 valence electrons. The summed E-state index contributed by atoms with van der Waals surface area (Å²) in [6.45, 7) is 3.29. The van der Waals surface area contributed by atoms with E-state index in [2.05, 4.69) is 0 Å². The second-order valence-corrected chi connectivity index (χ2v) is 8.80. The number of hydrogen-bond donors (Lipinski definition) is 0. The number of aryl methyl sites for hydroxylation is 1. The van der Waals surface area contributed by atoms with E-state index < -0.39 is 10.0 Å². The molecule has 0 saturated carbocycles. The summed E-state index contributed by atoms with van der Waals surface area (Å²) in [4.78, 5) is 14.2. The van der Waals surface area contributed by atoms with Gasteiger partial charge >= 0.3 is 0 Å². The monoisotopic (exact) mass is 404 g/mol. The van der Waals surface area contributed by atoms with Gasteiger partial charge in [0.15, 0.2) is 0 Å². The van der Waals surface area contributed by atoms with Gasteiger partial charge < -0.3 is 4.90 Å². The number of hydrogen-bond acceptors (Lipinski definition) is 3. The Morgan fingerprint density at radius 3 is 2.15 bits per heavy atom. The van der Waals surface area contributed by atoms with Gasteiger partial charge in [-0.3, -0.25) is 4.79 Å². The van der Waals surface area contributed by atoms with Gasteiger partial charge in [-0.15, -0.1) is 0 Å². The zero-order chi connectivity index (χ0) is 19.4. The summed E-state index contributed by atoms with van der Waals surface area (Å²) in [6.07, 6.45) is 3.31. The molecule has 1 heterocycles. The number of carbonyl (C=O) groups is 1. The molecule has 2 aromatic rings. The Balaban J connectivity index is 1.60. The van der Waals surface area contributed by atoms with E-state index in [9.17, 15) is 13.2 Å². The fourth-order valence-corrected chi connectivity index (χ4v) is 4.40. The lowest BCUT2D eigenvalue weighted by Gasteiger charge is -2.33. The van der Waals surface area contributed by atoms with Crippen molar-refractivity contribution in [3.8, 4) is 0 Å². The number of amides is 1. The molecule has 0 N–H and O–H groups in total. The molecule has 27 heavy (non-hydrogen) atoms. The van der Waals surface area contributed by atoms with Crippen LogP contribution in [0.25, 0.3) is 6.08 Å². The number of piperazine rings is 1. The average molecular weight is 405 g/mol. The first-order valence-electron chi connectivity index (χ1n) is 8.66. The molecule has 0 aliphatic carbocycles. The van der Waals surface area contributed by atoms with Crippen molar-refractivity contribution in [1.82, 2.24) is 9.21 Å². The third kappa shape index (κ3) is 4.77. The largest absolute Gasteiger partial charge is 0.337 e. The minimum Gasteiger partial charge on any atom is -0.337 e. The Kier molecular flexibility index (Phi) is 5.99. The van der Waals surface area contributed by atoms with Crippen molar-refractivity contribution < 1.29 is 13.2 Å². The summed E-state index contributed by atoms with van der Waals surface area (Å²) in [6, 6.07) is 14.0. The van der Waals surface area contributed by atoms with Gasteiger partial charge in [0.05, 0.1) is 4.90 Å². The fraction of sp³-hybridized carbons (Fsp3) is 0.250. The second kappa shape index (κ2) is 8.25. The lowest BCUT2D eigenvalue weighted by atomic mass is 10.1. The Hall–Kier alpha value is -2.15. The quantitative estimate of drug-likeness (QED) is 0.735. The lowest BCUT2D eigenvalue weighted by molar-refractivity contribution is -0.127. The van der Waals surface area contributed by atoms with Crippen LogP contribution in [0.2, 0.25) is 5.02 Å². The van der Waals surface area contributed by atoms with Gasteiger partial charge in [-0.05, 0) is 42.8 Å². The van der Waals surface area contributed by atoms with Crippen molar-refractivity contribution in [2.24, 2.45) is 0 Å². The molecule has 0 aromatic heterocycles. The van der Waals surface area contributed by atoms with Gasteiger partial charge in [0, 0.05) is 37.3 Å². The van der Waals surface area contributed by atoms with E-state index >= 15 is 0 Å². The van der Waals surface area contributed by atoms with Crippen molar-refractivity contribution in [3.63, 3.8) is 0 Å². The molecule has 2 aromatic carbocycles. The maximum Gasteiger partial charge on any atom is 0.246 e. The van der Waals surface area contributed by atoms with Crippen molar-refractivity contribution in [3.05, 3.63) is 70.8 Å². The van der Waals surface area contributed by atoms with Crippen LogP contribution < -0.4 is 0 Å². The Morgan fingerprint density at radius 1 is 0.963 bits per heavy atom. The summed E-state index contributed by atoms with van der Waals surface area (Å²) >= 11 is 5.82. The minimum absolute atomic E-state index is 0.112. The van der Waals surface area contributed by atoms with Crippen LogP contribution in [0.5, 0.6) is 0 Å². The predicted molar refractivity (Wildman–Crippen MR) is 107 cm³/mol. The van der Waals surface area contributed by atoms with E-state index in [1.54, 1.807) is 23.1 Å². The van der Waals surface area contributed by atoms with Crippen LogP contribution in [0, 0.1) is 6.92 Å². The van der Waals surface area contributed by atoms with Crippen molar-refractivity contribution in [1.29, 1.82) is 0 Å². The highest BCUT2D eigenvalue weighted by Crippen LogP contribution is 2.20. The van der Waals surface area contributed by atoms with Gasteiger partial charge in [0.2, 0.25) is 15.9 Å². The SMILES string of the molecule is Cc1ccc(/C=C/C(=O)N2CCN(S(=O)(=O)c3ccc(Cl)cc3)CC2)cc1. The highest BCUT2D eigenvalue weighted by atomic mass is 35.5. The Labute approximate surface area is 164 Å². The topological polar surface area (TPSA) is 57.7 Å². The molecule has 1 fully saturated rings. The van der Waals surface area contributed by atoms with Crippen LogP contribution in [0.1, 0.15) is 11.1 Å². The standard InChI is InChI=1S/C20H21ClN2O3S/c1-16-2-4-17(5-3-16)6-11-20(24)22-12-14-23(15-13-22)27(25,26)19-9-7-18(21)8-10-19/h2-11H,12-15H2,1H3/b11-6+.